The molecule has 0 saturated carbocycles. The van der Waals surface area contributed by atoms with Gasteiger partial charge in [0, 0.05) is 36.6 Å². The van der Waals surface area contributed by atoms with Gasteiger partial charge in [-0.15, -0.1) is 0 Å². The van der Waals surface area contributed by atoms with Crippen LogP contribution in [0.25, 0.3) is 10.9 Å². The summed E-state index contributed by atoms with van der Waals surface area (Å²) in [6.07, 6.45) is 1.44. The normalized spacial score (nSPS) is 15.3. The molecule has 2 aromatic carbocycles. The maximum absolute atomic E-state index is 12.6. The lowest BCUT2D eigenvalue weighted by atomic mass is 10.1. The Balaban J connectivity index is 1.41. The summed E-state index contributed by atoms with van der Waals surface area (Å²) in [7, 11) is 0. The lowest BCUT2D eigenvalue weighted by Gasteiger charge is -2.34. The van der Waals surface area contributed by atoms with Gasteiger partial charge >= 0.3 is 0 Å². The number of carbonyl (C=O) groups excluding carboxylic acids is 1. The summed E-state index contributed by atoms with van der Waals surface area (Å²) in [6, 6.07) is 10.8. The second-order valence-electron chi connectivity index (χ2n) is 6.95. The summed E-state index contributed by atoms with van der Waals surface area (Å²) < 4.78 is 0. The minimum atomic E-state index is 0.0693. The predicted molar refractivity (Wildman–Crippen MR) is 108 cm³/mol. The monoisotopic (exact) mass is 397 g/mol. The molecule has 1 fully saturated rings. The molecular weight excluding hydrogens is 378 g/mol. The zero-order chi connectivity index (χ0) is 19.7. The largest absolute Gasteiger partial charge is 0.508 e. The van der Waals surface area contributed by atoms with Crippen LogP contribution in [0.5, 0.6) is 5.75 Å². The van der Waals surface area contributed by atoms with Crippen molar-refractivity contribution in [2.75, 3.05) is 25.4 Å². The number of nitrogen functional groups attached to an aromatic ring is 1. The highest BCUT2D eigenvalue weighted by Gasteiger charge is 2.24. The number of carbonyl (C=O) groups is 1. The highest BCUT2D eigenvalue weighted by Crippen LogP contribution is 2.22. The molecule has 0 atom stereocenters. The number of hydrogen-bond acceptors (Lipinski definition) is 6. The van der Waals surface area contributed by atoms with Crippen molar-refractivity contribution in [3.05, 3.63) is 58.9 Å². The van der Waals surface area contributed by atoms with Crippen LogP contribution in [0.15, 0.2) is 42.7 Å². The van der Waals surface area contributed by atoms with Crippen LogP contribution in [0.4, 0.5) is 5.82 Å². The van der Waals surface area contributed by atoms with E-state index in [4.69, 9.17) is 17.3 Å². The summed E-state index contributed by atoms with van der Waals surface area (Å²) in [4.78, 5) is 24.8. The number of phenols is 1. The molecule has 3 N–H and O–H groups in total. The molecule has 1 saturated heterocycles. The van der Waals surface area contributed by atoms with Crippen molar-refractivity contribution in [3.63, 3.8) is 0 Å². The number of benzene rings is 2. The third-order valence-electron chi connectivity index (χ3n) is 4.85. The van der Waals surface area contributed by atoms with E-state index in [0.717, 1.165) is 28.6 Å². The molecule has 3 aromatic rings. The fourth-order valence-electron chi connectivity index (χ4n) is 3.48. The van der Waals surface area contributed by atoms with Gasteiger partial charge in [0.05, 0.1) is 12.1 Å². The molecule has 0 spiro atoms. The van der Waals surface area contributed by atoms with E-state index >= 15 is 0 Å². The molecule has 0 radical (unpaired) electrons. The number of aromatic nitrogens is 2. The number of anilines is 1. The van der Waals surface area contributed by atoms with Crippen molar-refractivity contribution in [3.8, 4) is 5.75 Å². The first-order valence-corrected chi connectivity index (χ1v) is 9.33. The standard InChI is InChI=1S/C20H20ClN5O2/c21-15-5-14(6-16(27)8-15)9-25-3-4-26(19(28)11-25)10-13-1-2-17-18(7-13)23-12-24-20(17)22/h1-2,5-8,12,27H,3-4,9-11H2,(H2,22,23,24). The van der Waals surface area contributed by atoms with Crippen LogP contribution in [0.1, 0.15) is 11.1 Å². The lowest BCUT2D eigenvalue weighted by molar-refractivity contribution is -0.136. The number of nitrogens with zero attached hydrogens (tertiary/aromatic N) is 4. The second-order valence-corrected chi connectivity index (χ2v) is 7.39. The van der Waals surface area contributed by atoms with Gasteiger partial charge in [0.15, 0.2) is 0 Å². The molecule has 2 heterocycles. The molecule has 1 aromatic heterocycles. The van der Waals surface area contributed by atoms with E-state index in [1.54, 1.807) is 12.1 Å². The fraction of sp³-hybridized carbons (Fsp3) is 0.250. The Kier molecular flexibility index (Phi) is 5.02. The van der Waals surface area contributed by atoms with E-state index in [1.165, 1.54) is 12.4 Å². The maximum atomic E-state index is 12.6. The van der Waals surface area contributed by atoms with Crippen molar-refractivity contribution < 1.29 is 9.90 Å². The number of hydrogen-bond donors (Lipinski definition) is 2. The Morgan fingerprint density at radius 2 is 1.93 bits per heavy atom. The zero-order valence-electron chi connectivity index (χ0n) is 15.2. The molecule has 1 aliphatic heterocycles. The minimum Gasteiger partial charge on any atom is -0.508 e. The van der Waals surface area contributed by atoms with Gasteiger partial charge in [-0.05, 0) is 41.5 Å². The molecule has 28 heavy (non-hydrogen) atoms. The first kappa shape index (κ1) is 18.5. The van der Waals surface area contributed by atoms with Crippen LogP contribution in [0.3, 0.4) is 0 Å². The number of phenolic OH excluding ortho intramolecular Hbond substituents is 1. The summed E-state index contributed by atoms with van der Waals surface area (Å²) in [5.74, 6) is 0.654. The Morgan fingerprint density at radius 3 is 2.71 bits per heavy atom. The van der Waals surface area contributed by atoms with E-state index in [2.05, 4.69) is 14.9 Å². The lowest BCUT2D eigenvalue weighted by Crippen LogP contribution is -2.49. The van der Waals surface area contributed by atoms with E-state index < -0.39 is 0 Å². The molecule has 4 rings (SSSR count). The van der Waals surface area contributed by atoms with Crippen molar-refractivity contribution in [2.24, 2.45) is 0 Å². The maximum Gasteiger partial charge on any atom is 0.237 e. The Labute approximate surface area is 167 Å². The fourth-order valence-corrected chi connectivity index (χ4v) is 3.74. The minimum absolute atomic E-state index is 0.0693. The summed E-state index contributed by atoms with van der Waals surface area (Å²) >= 11 is 5.99. The topological polar surface area (TPSA) is 95.6 Å². The SMILES string of the molecule is Nc1ncnc2cc(CN3CCN(Cc4cc(O)cc(Cl)c4)CC3=O)ccc12. The van der Waals surface area contributed by atoms with Crippen molar-refractivity contribution in [1.82, 2.24) is 19.8 Å². The number of piperazine rings is 1. The van der Waals surface area contributed by atoms with Crippen LogP contribution >= 0.6 is 11.6 Å². The smallest absolute Gasteiger partial charge is 0.237 e. The first-order chi connectivity index (χ1) is 13.5. The van der Waals surface area contributed by atoms with Crippen molar-refractivity contribution in [1.29, 1.82) is 0 Å². The van der Waals surface area contributed by atoms with Crippen LogP contribution in [0.2, 0.25) is 5.02 Å². The van der Waals surface area contributed by atoms with Gasteiger partial charge < -0.3 is 15.7 Å². The summed E-state index contributed by atoms with van der Waals surface area (Å²) in [6.45, 7) is 2.82. The highest BCUT2D eigenvalue weighted by molar-refractivity contribution is 6.30. The Morgan fingerprint density at radius 1 is 1.07 bits per heavy atom. The highest BCUT2D eigenvalue weighted by atomic mass is 35.5. The molecule has 8 heteroatoms. The van der Waals surface area contributed by atoms with Gasteiger partial charge in [-0.3, -0.25) is 9.69 Å². The Bertz CT molecular complexity index is 1020. The molecular formula is C20H20ClN5O2. The average molecular weight is 398 g/mol. The van der Waals surface area contributed by atoms with Crippen LogP contribution in [-0.2, 0) is 17.9 Å². The quantitative estimate of drug-likeness (QED) is 0.702. The van der Waals surface area contributed by atoms with Gasteiger partial charge in [-0.25, -0.2) is 9.97 Å². The van der Waals surface area contributed by atoms with Crippen LogP contribution in [-0.4, -0.2) is 50.4 Å². The third-order valence-corrected chi connectivity index (χ3v) is 5.07. The van der Waals surface area contributed by atoms with Gasteiger partial charge in [0.2, 0.25) is 5.91 Å². The molecule has 7 nitrogen and oxygen atoms in total. The molecule has 0 unspecified atom stereocenters. The van der Waals surface area contributed by atoms with Crippen LogP contribution < -0.4 is 5.73 Å². The van der Waals surface area contributed by atoms with E-state index in [1.807, 2.05) is 23.1 Å². The average Bonchev–Trinajstić information content (AvgIpc) is 2.63. The number of nitrogens with two attached hydrogens (primary N) is 1. The molecule has 0 aliphatic carbocycles. The summed E-state index contributed by atoms with van der Waals surface area (Å²) in [5, 5.41) is 11.0. The van der Waals surface area contributed by atoms with Crippen molar-refractivity contribution >= 4 is 34.2 Å². The number of rotatable bonds is 4. The Hall–Kier alpha value is -2.90. The van der Waals surface area contributed by atoms with Crippen LogP contribution in [0, 0.1) is 0 Å². The number of amides is 1. The third kappa shape index (κ3) is 4.00. The first-order valence-electron chi connectivity index (χ1n) is 8.95. The van der Waals surface area contributed by atoms with E-state index in [9.17, 15) is 9.90 Å². The zero-order valence-corrected chi connectivity index (χ0v) is 15.9. The number of fused-ring (bicyclic) bond motifs is 1. The van der Waals surface area contributed by atoms with E-state index in [-0.39, 0.29) is 11.7 Å². The van der Waals surface area contributed by atoms with Gasteiger partial charge in [0.1, 0.15) is 17.9 Å². The molecule has 1 amide bonds. The van der Waals surface area contributed by atoms with Gasteiger partial charge in [-0.2, -0.15) is 0 Å². The second kappa shape index (κ2) is 7.61. The van der Waals surface area contributed by atoms with Crippen molar-refractivity contribution in [2.45, 2.75) is 13.1 Å². The molecule has 1 aliphatic rings. The predicted octanol–water partition coefficient (Wildman–Crippen LogP) is 2.42. The van der Waals surface area contributed by atoms with Gasteiger partial charge in [0.25, 0.3) is 0 Å². The number of halogens is 1. The van der Waals surface area contributed by atoms with Gasteiger partial charge in [-0.1, -0.05) is 17.7 Å². The van der Waals surface area contributed by atoms with E-state index in [0.29, 0.717) is 37.0 Å². The number of aromatic hydroxyl groups is 1. The summed E-state index contributed by atoms with van der Waals surface area (Å²) in [5.41, 5.74) is 8.53. The molecule has 144 valence electrons. The molecule has 0 bridgehead atoms.